The van der Waals surface area contributed by atoms with E-state index in [9.17, 15) is 0 Å². The Balaban J connectivity index is 3.37. The van der Waals surface area contributed by atoms with Gasteiger partial charge in [0.2, 0.25) is 0 Å². The lowest BCUT2D eigenvalue weighted by molar-refractivity contribution is 0.427. The Kier molecular flexibility index (Phi) is 3.42. The quantitative estimate of drug-likeness (QED) is 0.453. The van der Waals surface area contributed by atoms with Gasteiger partial charge in [0.15, 0.2) is 0 Å². The number of aliphatic imine (C=N–C) groups is 1. The minimum Gasteiger partial charge on any atom is -0.423 e. The van der Waals surface area contributed by atoms with Gasteiger partial charge in [0.05, 0.1) is 4.53 Å². The predicted molar refractivity (Wildman–Crippen MR) is 57.5 cm³/mol. The smallest absolute Gasteiger partial charge is 0.423 e. The summed E-state index contributed by atoms with van der Waals surface area (Å²) in [5.74, 6) is 0. The van der Waals surface area contributed by atoms with E-state index < -0.39 is 7.12 Å². The molecule has 0 atom stereocenters. The van der Waals surface area contributed by atoms with Crippen molar-refractivity contribution in [3.63, 3.8) is 0 Å². The fourth-order valence-corrected chi connectivity index (χ4v) is 1.94. The standard InChI is InChI=1S/C8H10BNO2S/c1-3-6-4-8(9(11)12)13-7(6)5-10-2/h3-5,11-12H,2H2,1H3. The van der Waals surface area contributed by atoms with Gasteiger partial charge in [0.1, 0.15) is 0 Å². The number of hydrogen-bond acceptors (Lipinski definition) is 4. The molecule has 0 radical (unpaired) electrons. The van der Waals surface area contributed by atoms with Crippen LogP contribution in [0.4, 0.5) is 0 Å². The molecule has 1 aromatic heterocycles. The Morgan fingerprint density at radius 1 is 1.62 bits per heavy atom. The van der Waals surface area contributed by atoms with Crippen LogP contribution in [0.25, 0.3) is 12.3 Å². The van der Waals surface area contributed by atoms with Crippen LogP contribution in [0.5, 0.6) is 0 Å². The Morgan fingerprint density at radius 3 is 2.77 bits per heavy atom. The minimum absolute atomic E-state index is 0.517. The van der Waals surface area contributed by atoms with E-state index in [4.69, 9.17) is 10.0 Å². The Morgan fingerprint density at radius 2 is 2.31 bits per heavy atom. The van der Waals surface area contributed by atoms with Gasteiger partial charge in [-0.1, -0.05) is 6.08 Å². The zero-order chi connectivity index (χ0) is 9.84. The second-order valence-electron chi connectivity index (χ2n) is 2.44. The largest absolute Gasteiger partial charge is 0.499 e. The molecule has 13 heavy (non-hydrogen) atoms. The van der Waals surface area contributed by atoms with Gasteiger partial charge in [0, 0.05) is 11.0 Å². The highest BCUT2D eigenvalue weighted by atomic mass is 32.1. The molecule has 0 fully saturated rings. The van der Waals surface area contributed by atoms with Crippen molar-refractivity contribution in [1.29, 1.82) is 0 Å². The maximum Gasteiger partial charge on any atom is 0.499 e. The van der Waals surface area contributed by atoms with E-state index >= 15 is 0 Å². The summed E-state index contributed by atoms with van der Waals surface area (Å²) in [6.45, 7) is 5.23. The average Bonchev–Trinajstić information content (AvgIpc) is 2.48. The molecule has 68 valence electrons. The summed E-state index contributed by atoms with van der Waals surface area (Å²) in [6, 6.07) is 1.73. The van der Waals surface area contributed by atoms with Crippen molar-refractivity contribution in [1.82, 2.24) is 0 Å². The number of thiophene rings is 1. The molecule has 0 aromatic carbocycles. The lowest BCUT2D eigenvalue weighted by atomic mass is 9.89. The number of rotatable bonds is 2. The summed E-state index contributed by atoms with van der Waals surface area (Å²) in [4.78, 5) is 3.64. The van der Waals surface area contributed by atoms with Crippen molar-refractivity contribution < 1.29 is 10.0 Å². The first kappa shape index (κ1) is 10.2. The molecule has 0 aliphatic carbocycles. The van der Waals surface area contributed by atoms with Crippen LogP contribution in [0.15, 0.2) is 11.1 Å². The maximum absolute atomic E-state index is 8.92. The third kappa shape index (κ3) is 2.27. The number of nitrogens with zero attached hydrogens (tertiary/aromatic N) is 1. The molecule has 1 aromatic rings. The summed E-state index contributed by atoms with van der Waals surface area (Å²) in [5.41, 5.74) is 0. The van der Waals surface area contributed by atoms with E-state index in [2.05, 4.69) is 11.7 Å². The van der Waals surface area contributed by atoms with Gasteiger partial charge < -0.3 is 10.0 Å². The van der Waals surface area contributed by atoms with Crippen molar-refractivity contribution in [2.75, 3.05) is 0 Å². The molecule has 5 heteroatoms. The van der Waals surface area contributed by atoms with Crippen LogP contribution in [0.2, 0.25) is 0 Å². The van der Waals surface area contributed by atoms with Gasteiger partial charge >= 0.3 is 7.12 Å². The van der Waals surface area contributed by atoms with E-state index in [0.717, 1.165) is 9.75 Å². The molecule has 1 heterocycles. The Bertz CT molecular complexity index is 410. The van der Waals surface area contributed by atoms with Gasteiger partial charge in [0.25, 0.3) is 0 Å². The Hall–Kier alpha value is -0.905. The van der Waals surface area contributed by atoms with Crippen molar-refractivity contribution >= 4 is 42.2 Å². The lowest BCUT2D eigenvalue weighted by Gasteiger charge is -1.87. The van der Waals surface area contributed by atoms with Crippen molar-refractivity contribution in [3.05, 3.63) is 15.8 Å². The molecule has 0 aliphatic heterocycles. The monoisotopic (exact) mass is 195 g/mol. The van der Waals surface area contributed by atoms with Gasteiger partial charge in [-0.2, -0.15) is 0 Å². The first-order valence-electron chi connectivity index (χ1n) is 3.77. The zero-order valence-corrected chi connectivity index (χ0v) is 8.08. The molecule has 2 N–H and O–H groups in total. The first-order valence-corrected chi connectivity index (χ1v) is 4.59. The molecule has 1 rings (SSSR count). The molecule has 0 aliphatic rings. The second-order valence-corrected chi connectivity index (χ2v) is 3.56. The highest BCUT2D eigenvalue weighted by Gasteiger charge is 2.12. The molecule has 0 saturated carbocycles. The third-order valence-corrected chi connectivity index (χ3v) is 2.71. The highest BCUT2D eigenvalue weighted by molar-refractivity contribution is 7.20. The van der Waals surface area contributed by atoms with Crippen LogP contribution < -0.4 is 14.5 Å². The Labute approximate surface area is 80.5 Å². The normalized spacial score (nSPS) is 13.5. The second kappa shape index (κ2) is 4.36. The zero-order valence-electron chi connectivity index (χ0n) is 7.27. The molecular formula is C8H10BNO2S. The molecule has 3 nitrogen and oxygen atoms in total. The van der Waals surface area contributed by atoms with Crippen LogP contribution in [0.1, 0.15) is 6.92 Å². The minimum atomic E-state index is -1.41. The first-order chi connectivity index (χ1) is 6.19. The lowest BCUT2D eigenvalue weighted by Crippen LogP contribution is -2.27. The highest BCUT2D eigenvalue weighted by Crippen LogP contribution is 1.83. The van der Waals surface area contributed by atoms with E-state index in [0.29, 0.717) is 4.78 Å². The molecule has 0 bridgehead atoms. The number of hydrogen-bond donors (Lipinski definition) is 2. The fraction of sp³-hybridized carbons (Fsp3) is 0.125. The van der Waals surface area contributed by atoms with Gasteiger partial charge in [-0.25, -0.2) is 0 Å². The molecule has 0 saturated heterocycles. The summed E-state index contributed by atoms with van der Waals surface area (Å²) >= 11 is 1.30. The molecule has 0 unspecified atom stereocenters. The van der Waals surface area contributed by atoms with Gasteiger partial charge in [-0.15, -0.1) is 11.3 Å². The van der Waals surface area contributed by atoms with Crippen molar-refractivity contribution in [2.45, 2.75) is 6.92 Å². The molecule has 0 amide bonds. The van der Waals surface area contributed by atoms with E-state index in [1.807, 2.05) is 13.0 Å². The van der Waals surface area contributed by atoms with Gasteiger partial charge in [-0.3, -0.25) is 4.99 Å². The summed E-state index contributed by atoms with van der Waals surface area (Å²) in [6.07, 6.45) is 3.49. The van der Waals surface area contributed by atoms with Crippen LogP contribution in [-0.4, -0.2) is 23.9 Å². The van der Waals surface area contributed by atoms with E-state index in [1.165, 1.54) is 11.3 Å². The fourth-order valence-electron chi connectivity index (χ4n) is 0.976. The van der Waals surface area contributed by atoms with Crippen LogP contribution in [0.3, 0.4) is 0 Å². The van der Waals surface area contributed by atoms with Crippen LogP contribution in [0, 0.1) is 0 Å². The van der Waals surface area contributed by atoms with Crippen molar-refractivity contribution in [2.24, 2.45) is 4.99 Å². The molecule has 0 spiro atoms. The molecular weight excluding hydrogens is 185 g/mol. The third-order valence-electron chi connectivity index (χ3n) is 1.58. The summed E-state index contributed by atoms with van der Waals surface area (Å²) in [5, 5.41) is 18.8. The van der Waals surface area contributed by atoms with Crippen LogP contribution in [-0.2, 0) is 0 Å². The van der Waals surface area contributed by atoms with Crippen LogP contribution >= 0.6 is 11.3 Å². The maximum atomic E-state index is 8.92. The summed E-state index contributed by atoms with van der Waals surface area (Å²) < 4.78 is 1.41. The SMILES string of the molecule is C=NC=c1sc(B(O)O)cc1=CC. The van der Waals surface area contributed by atoms with Crippen molar-refractivity contribution in [3.8, 4) is 0 Å². The topological polar surface area (TPSA) is 52.8 Å². The average molecular weight is 195 g/mol. The van der Waals surface area contributed by atoms with Gasteiger partial charge in [-0.05, 0) is 24.9 Å². The predicted octanol–water partition coefficient (Wildman–Crippen LogP) is -1.33. The van der Waals surface area contributed by atoms with E-state index in [-0.39, 0.29) is 0 Å². The van der Waals surface area contributed by atoms with E-state index in [1.54, 1.807) is 12.3 Å². The summed E-state index contributed by atoms with van der Waals surface area (Å²) in [7, 11) is -1.41.